The molecule has 1 aliphatic heterocycles. The van der Waals surface area contributed by atoms with Crippen molar-refractivity contribution in [2.75, 3.05) is 7.11 Å². The number of thioether (sulfide) groups is 1. The van der Waals surface area contributed by atoms with Crippen LogP contribution in [0.1, 0.15) is 5.56 Å². The Kier molecular flexibility index (Phi) is 4.78. The predicted octanol–water partition coefficient (Wildman–Crippen LogP) is 3.95. The van der Waals surface area contributed by atoms with E-state index in [1.807, 2.05) is 12.1 Å². The van der Waals surface area contributed by atoms with Gasteiger partial charge in [-0.15, -0.1) is 0 Å². The zero-order valence-corrected chi connectivity index (χ0v) is 14.2. The summed E-state index contributed by atoms with van der Waals surface area (Å²) in [5.74, 6) is 0.153. The van der Waals surface area contributed by atoms with E-state index in [1.54, 1.807) is 30.3 Å². The number of amides is 1. The number of nitrogens with one attached hydrogen (secondary N) is 1. The molecule has 0 radical (unpaired) electrons. The van der Waals surface area contributed by atoms with Crippen LogP contribution in [-0.2, 0) is 4.79 Å². The first-order valence-electron chi connectivity index (χ1n) is 6.98. The third-order valence-electron chi connectivity index (χ3n) is 3.23. The molecule has 122 valence electrons. The van der Waals surface area contributed by atoms with Gasteiger partial charge in [0.2, 0.25) is 0 Å². The van der Waals surface area contributed by atoms with Crippen LogP contribution in [-0.4, -0.2) is 23.3 Å². The molecule has 1 amide bonds. The lowest BCUT2D eigenvalue weighted by Gasteiger charge is -2.03. The zero-order valence-electron chi connectivity index (χ0n) is 12.6. The third-order valence-corrected chi connectivity index (χ3v) is 4.46. The molecule has 2 N–H and O–H groups in total. The number of aromatic hydroxyl groups is 1. The quantitative estimate of drug-likeness (QED) is 0.813. The van der Waals surface area contributed by atoms with Gasteiger partial charge in [0.25, 0.3) is 5.91 Å². The summed E-state index contributed by atoms with van der Waals surface area (Å²) in [4.78, 5) is 16.9. The minimum Gasteiger partial charge on any atom is -0.504 e. The summed E-state index contributed by atoms with van der Waals surface area (Å²) in [6.07, 6.45) is 1.71. The van der Waals surface area contributed by atoms with E-state index in [0.29, 0.717) is 26.5 Å². The van der Waals surface area contributed by atoms with Gasteiger partial charge < -0.3 is 15.2 Å². The van der Waals surface area contributed by atoms with Crippen molar-refractivity contribution in [3.05, 3.63) is 58.0 Å². The maximum Gasteiger partial charge on any atom is 0.264 e. The van der Waals surface area contributed by atoms with Gasteiger partial charge in [-0.25, -0.2) is 4.99 Å². The van der Waals surface area contributed by atoms with Crippen LogP contribution in [0.15, 0.2) is 52.4 Å². The van der Waals surface area contributed by atoms with Crippen LogP contribution in [0.2, 0.25) is 5.02 Å². The molecule has 2 aromatic carbocycles. The Bertz CT molecular complexity index is 865. The highest BCUT2D eigenvalue weighted by molar-refractivity contribution is 8.18. The predicted molar refractivity (Wildman–Crippen MR) is 96.9 cm³/mol. The molecule has 0 aliphatic carbocycles. The lowest BCUT2D eigenvalue weighted by atomic mass is 10.2. The van der Waals surface area contributed by atoms with Crippen molar-refractivity contribution >= 4 is 46.2 Å². The molecule has 7 heteroatoms. The summed E-state index contributed by atoms with van der Waals surface area (Å²) in [6, 6.07) is 12.0. The highest BCUT2D eigenvalue weighted by atomic mass is 35.5. The molecule has 1 aliphatic rings. The number of amidine groups is 1. The SMILES string of the molecule is COc1cc(C=C2SC(=Nc3ccccc3Cl)NC2=O)ccc1O. The Hall–Kier alpha value is -2.44. The van der Waals surface area contributed by atoms with Gasteiger partial charge in [0, 0.05) is 0 Å². The van der Waals surface area contributed by atoms with Crippen molar-refractivity contribution < 1.29 is 14.6 Å². The Morgan fingerprint density at radius 1 is 1.29 bits per heavy atom. The minimum absolute atomic E-state index is 0.0455. The number of hydrogen-bond donors (Lipinski definition) is 2. The molecule has 0 atom stereocenters. The molecule has 0 saturated carbocycles. The Labute approximate surface area is 148 Å². The van der Waals surface area contributed by atoms with E-state index in [4.69, 9.17) is 16.3 Å². The molecule has 1 heterocycles. The van der Waals surface area contributed by atoms with E-state index in [2.05, 4.69) is 10.3 Å². The molecule has 24 heavy (non-hydrogen) atoms. The van der Waals surface area contributed by atoms with E-state index < -0.39 is 0 Å². The number of phenolic OH excluding ortho intramolecular Hbond substituents is 1. The van der Waals surface area contributed by atoms with Gasteiger partial charge in [-0.05, 0) is 47.7 Å². The largest absolute Gasteiger partial charge is 0.504 e. The number of halogens is 1. The molecule has 5 nitrogen and oxygen atoms in total. The molecule has 0 aromatic heterocycles. The number of ether oxygens (including phenoxy) is 1. The van der Waals surface area contributed by atoms with Crippen molar-refractivity contribution in [1.29, 1.82) is 0 Å². The summed E-state index contributed by atoms with van der Waals surface area (Å²) in [7, 11) is 1.47. The maximum absolute atomic E-state index is 12.1. The summed E-state index contributed by atoms with van der Waals surface area (Å²) in [6.45, 7) is 0. The van der Waals surface area contributed by atoms with Crippen molar-refractivity contribution in [2.45, 2.75) is 0 Å². The van der Waals surface area contributed by atoms with Gasteiger partial charge in [-0.1, -0.05) is 29.8 Å². The molecule has 2 aromatic rings. The second-order valence-corrected chi connectivity index (χ2v) is 6.30. The first kappa shape index (κ1) is 16.4. The number of phenols is 1. The Morgan fingerprint density at radius 2 is 2.08 bits per heavy atom. The second-order valence-electron chi connectivity index (χ2n) is 4.86. The number of aliphatic imine (C=N–C) groups is 1. The number of methoxy groups -OCH3 is 1. The molecule has 1 fully saturated rings. The first-order valence-corrected chi connectivity index (χ1v) is 8.17. The highest BCUT2D eigenvalue weighted by Crippen LogP contribution is 2.32. The molecular formula is C17H13ClN2O3S. The van der Waals surface area contributed by atoms with E-state index >= 15 is 0 Å². The van der Waals surface area contributed by atoms with Crippen LogP contribution in [0.5, 0.6) is 11.5 Å². The van der Waals surface area contributed by atoms with Crippen LogP contribution in [0, 0.1) is 0 Å². The van der Waals surface area contributed by atoms with Gasteiger partial charge in [0.1, 0.15) is 0 Å². The summed E-state index contributed by atoms with van der Waals surface area (Å²) in [5.41, 5.74) is 1.33. The highest BCUT2D eigenvalue weighted by Gasteiger charge is 2.24. The Balaban J connectivity index is 1.86. The number of hydrogen-bond acceptors (Lipinski definition) is 5. The molecule has 0 bridgehead atoms. The molecule has 3 rings (SSSR count). The van der Waals surface area contributed by atoms with Crippen molar-refractivity contribution in [2.24, 2.45) is 4.99 Å². The summed E-state index contributed by atoms with van der Waals surface area (Å²) < 4.78 is 5.07. The van der Waals surface area contributed by atoms with Crippen LogP contribution in [0.25, 0.3) is 6.08 Å². The monoisotopic (exact) mass is 360 g/mol. The number of benzene rings is 2. The van der Waals surface area contributed by atoms with E-state index in [0.717, 1.165) is 5.56 Å². The zero-order chi connectivity index (χ0) is 17.1. The fraction of sp³-hybridized carbons (Fsp3) is 0.0588. The summed E-state index contributed by atoms with van der Waals surface area (Å²) >= 11 is 7.30. The maximum atomic E-state index is 12.1. The standard InChI is InChI=1S/C17H13ClN2O3S/c1-23-14-8-10(6-7-13(14)21)9-15-16(22)20-17(24-15)19-12-5-3-2-4-11(12)18/h2-9,21H,1H3,(H,19,20,22). The van der Waals surface area contributed by atoms with Crippen LogP contribution in [0.4, 0.5) is 5.69 Å². The smallest absolute Gasteiger partial charge is 0.264 e. The van der Waals surface area contributed by atoms with Gasteiger partial charge in [0.05, 0.1) is 22.7 Å². The lowest BCUT2D eigenvalue weighted by molar-refractivity contribution is -0.115. The van der Waals surface area contributed by atoms with E-state index in [-0.39, 0.29) is 11.7 Å². The van der Waals surface area contributed by atoms with Crippen LogP contribution >= 0.6 is 23.4 Å². The molecule has 0 unspecified atom stereocenters. The van der Waals surface area contributed by atoms with Gasteiger partial charge in [0.15, 0.2) is 16.7 Å². The van der Waals surface area contributed by atoms with Crippen LogP contribution < -0.4 is 10.1 Å². The van der Waals surface area contributed by atoms with E-state index in [9.17, 15) is 9.90 Å². The summed E-state index contributed by atoms with van der Waals surface area (Å²) in [5, 5.41) is 13.3. The van der Waals surface area contributed by atoms with Crippen LogP contribution in [0.3, 0.4) is 0 Å². The fourth-order valence-electron chi connectivity index (χ4n) is 2.07. The van der Waals surface area contributed by atoms with Gasteiger partial charge in [-0.3, -0.25) is 4.79 Å². The minimum atomic E-state index is -0.238. The van der Waals surface area contributed by atoms with E-state index in [1.165, 1.54) is 24.9 Å². The van der Waals surface area contributed by atoms with Gasteiger partial charge in [-0.2, -0.15) is 0 Å². The van der Waals surface area contributed by atoms with Crippen molar-refractivity contribution in [1.82, 2.24) is 5.32 Å². The topological polar surface area (TPSA) is 70.9 Å². The third kappa shape index (κ3) is 3.55. The molecular weight excluding hydrogens is 348 g/mol. The number of para-hydroxylation sites is 1. The van der Waals surface area contributed by atoms with Crippen molar-refractivity contribution in [3.8, 4) is 11.5 Å². The number of nitrogens with zero attached hydrogens (tertiary/aromatic N) is 1. The number of rotatable bonds is 3. The second kappa shape index (κ2) is 6.98. The molecule has 1 saturated heterocycles. The lowest BCUT2D eigenvalue weighted by Crippen LogP contribution is -2.19. The first-order chi connectivity index (χ1) is 11.6. The number of carbonyl (C=O) groups is 1. The van der Waals surface area contributed by atoms with Crippen molar-refractivity contribution in [3.63, 3.8) is 0 Å². The number of carbonyl (C=O) groups excluding carboxylic acids is 1. The Morgan fingerprint density at radius 3 is 2.83 bits per heavy atom. The average Bonchev–Trinajstić information content (AvgIpc) is 2.91. The molecule has 0 spiro atoms. The normalized spacial score (nSPS) is 17.3. The fourth-order valence-corrected chi connectivity index (χ4v) is 3.08. The van der Waals surface area contributed by atoms with Gasteiger partial charge >= 0.3 is 0 Å². The average molecular weight is 361 g/mol.